The van der Waals surface area contributed by atoms with Gasteiger partial charge in [-0.2, -0.15) is 0 Å². The van der Waals surface area contributed by atoms with Gasteiger partial charge < -0.3 is 0 Å². The fourth-order valence-corrected chi connectivity index (χ4v) is 8.66. The molecule has 47 heavy (non-hydrogen) atoms. The second kappa shape index (κ2) is 9.64. The summed E-state index contributed by atoms with van der Waals surface area (Å²) in [6, 6.07) is 58.9. The lowest BCUT2D eigenvalue weighted by Crippen LogP contribution is -2.15. The van der Waals surface area contributed by atoms with Crippen molar-refractivity contribution in [1.82, 2.24) is 0 Å². The van der Waals surface area contributed by atoms with Gasteiger partial charge in [-0.05, 0) is 105 Å². The average molecular weight is 597 g/mol. The number of rotatable bonds is 3. The Hall–Kier alpha value is -5.72. The van der Waals surface area contributed by atoms with Gasteiger partial charge in [-0.3, -0.25) is 0 Å². The van der Waals surface area contributed by atoms with Crippen LogP contribution < -0.4 is 0 Å². The van der Waals surface area contributed by atoms with Crippen LogP contribution in [0.3, 0.4) is 0 Å². The standard InChI is InChI=1S/C47H32/c1-47(2)43-28-33(23-25-40(43)42-27-20-29-10-3-4-14-35(29)46(42)47)34-13-5-6-15-36(34)37-16-7-8-17-38(37)39-24-21-32-19-18-30-11-9-12-31-22-26-41(39)45(32)44(30)31/h3-28H,1-2H3. The Bertz CT molecular complexity index is 2690. The van der Waals surface area contributed by atoms with E-state index in [1.807, 2.05) is 0 Å². The monoisotopic (exact) mass is 596 g/mol. The highest BCUT2D eigenvalue weighted by molar-refractivity contribution is 6.25. The van der Waals surface area contributed by atoms with Crippen molar-refractivity contribution in [3.8, 4) is 44.5 Å². The highest BCUT2D eigenvalue weighted by atomic mass is 14.4. The summed E-state index contributed by atoms with van der Waals surface area (Å²) in [5, 5.41) is 10.6. The first kappa shape index (κ1) is 26.5. The summed E-state index contributed by atoms with van der Waals surface area (Å²) in [6.07, 6.45) is 0. The molecule has 220 valence electrons. The molecule has 0 saturated heterocycles. The Morgan fingerprint density at radius 3 is 1.66 bits per heavy atom. The van der Waals surface area contributed by atoms with Crippen LogP contribution in [-0.2, 0) is 5.41 Å². The predicted octanol–water partition coefficient (Wildman–Crippen LogP) is 13.0. The van der Waals surface area contributed by atoms with Gasteiger partial charge in [-0.15, -0.1) is 0 Å². The SMILES string of the molecule is CC1(C)c2cc(-c3ccccc3-c3ccccc3-c3ccc4ccc5cccc6ccc3c4c56)ccc2-c2ccc3ccccc3c21. The molecule has 0 atom stereocenters. The Kier molecular flexibility index (Phi) is 5.44. The van der Waals surface area contributed by atoms with Gasteiger partial charge >= 0.3 is 0 Å². The highest BCUT2D eigenvalue weighted by Gasteiger charge is 2.37. The van der Waals surface area contributed by atoms with Crippen molar-refractivity contribution in [2.45, 2.75) is 19.3 Å². The van der Waals surface area contributed by atoms with Crippen LogP contribution >= 0.6 is 0 Å². The fourth-order valence-electron chi connectivity index (χ4n) is 8.66. The molecule has 0 amide bonds. The molecule has 0 nitrogen and oxygen atoms in total. The van der Waals surface area contributed by atoms with Crippen LogP contribution in [0.1, 0.15) is 25.0 Å². The van der Waals surface area contributed by atoms with Crippen LogP contribution in [0.5, 0.6) is 0 Å². The molecular weight excluding hydrogens is 565 g/mol. The second-order valence-electron chi connectivity index (χ2n) is 13.7. The van der Waals surface area contributed by atoms with Crippen molar-refractivity contribution in [3.63, 3.8) is 0 Å². The van der Waals surface area contributed by atoms with E-state index in [0.29, 0.717) is 0 Å². The minimum absolute atomic E-state index is 0.101. The van der Waals surface area contributed by atoms with Crippen molar-refractivity contribution >= 4 is 43.1 Å². The van der Waals surface area contributed by atoms with Crippen LogP contribution in [0.15, 0.2) is 158 Å². The molecule has 0 saturated carbocycles. The Morgan fingerprint density at radius 2 is 0.872 bits per heavy atom. The molecule has 0 heteroatoms. The summed E-state index contributed by atoms with van der Waals surface area (Å²) in [5.74, 6) is 0. The molecule has 0 heterocycles. The Balaban J connectivity index is 1.16. The molecule has 0 unspecified atom stereocenters. The molecular formula is C47H32. The maximum Gasteiger partial charge on any atom is 0.0165 e. The van der Waals surface area contributed by atoms with Gasteiger partial charge in [0.15, 0.2) is 0 Å². The molecule has 0 spiro atoms. The quantitative estimate of drug-likeness (QED) is 0.178. The third kappa shape index (κ3) is 3.70. The molecule has 0 aromatic heterocycles. The van der Waals surface area contributed by atoms with Crippen molar-refractivity contribution in [1.29, 1.82) is 0 Å². The molecule has 9 aromatic carbocycles. The van der Waals surface area contributed by atoms with Crippen LogP contribution in [0, 0.1) is 0 Å². The second-order valence-corrected chi connectivity index (χ2v) is 13.7. The maximum absolute atomic E-state index is 2.46. The molecule has 0 N–H and O–H groups in total. The molecule has 0 aliphatic heterocycles. The summed E-state index contributed by atoms with van der Waals surface area (Å²) >= 11 is 0. The van der Waals surface area contributed by atoms with Crippen molar-refractivity contribution in [2.24, 2.45) is 0 Å². The van der Waals surface area contributed by atoms with Gasteiger partial charge in [0.2, 0.25) is 0 Å². The van der Waals surface area contributed by atoms with Gasteiger partial charge in [0.1, 0.15) is 0 Å². The lowest BCUT2D eigenvalue weighted by atomic mass is 9.79. The van der Waals surface area contributed by atoms with Crippen LogP contribution in [0.2, 0.25) is 0 Å². The number of hydrogen-bond acceptors (Lipinski definition) is 0. The smallest absolute Gasteiger partial charge is 0.0165 e. The van der Waals surface area contributed by atoms with Gasteiger partial charge in [0, 0.05) is 5.41 Å². The van der Waals surface area contributed by atoms with Crippen molar-refractivity contribution < 1.29 is 0 Å². The van der Waals surface area contributed by atoms with Crippen molar-refractivity contribution in [2.75, 3.05) is 0 Å². The van der Waals surface area contributed by atoms with E-state index in [0.717, 1.165) is 0 Å². The summed E-state index contributed by atoms with van der Waals surface area (Å²) in [7, 11) is 0. The molecule has 0 fully saturated rings. The fraction of sp³-hybridized carbons (Fsp3) is 0.0638. The van der Waals surface area contributed by atoms with E-state index in [-0.39, 0.29) is 5.41 Å². The lowest BCUT2D eigenvalue weighted by Gasteiger charge is -2.24. The number of fused-ring (bicyclic) bond motifs is 5. The summed E-state index contributed by atoms with van der Waals surface area (Å²) in [6.45, 7) is 4.78. The maximum atomic E-state index is 2.46. The van der Waals surface area contributed by atoms with Crippen LogP contribution in [0.4, 0.5) is 0 Å². The summed E-state index contributed by atoms with van der Waals surface area (Å²) < 4.78 is 0. The first-order valence-electron chi connectivity index (χ1n) is 16.6. The van der Waals surface area contributed by atoms with E-state index in [1.165, 1.54) is 98.7 Å². The molecule has 10 rings (SSSR count). The average Bonchev–Trinajstić information content (AvgIpc) is 3.36. The van der Waals surface area contributed by atoms with Gasteiger partial charge in [0.25, 0.3) is 0 Å². The molecule has 0 bridgehead atoms. The molecule has 1 aliphatic rings. The van der Waals surface area contributed by atoms with E-state index in [4.69, 9.17) is 0 Å². The Morgan fingerprint density at radius 1 is 0.340 bits per heavy atom. The Labute approximate surface area is 274 Å². The normalized spacial score (nSPS) is 13.5. The van der Waals surface area contributed by atoms with E-state index in [1.54, 1.807) is 0 Å². The first-order valence-corrected chi connectivity index (χ1v) is 16.6. The number of benzene rings is 9. The third-order valence-electron chi connectivity index (χ3n) is 10.8. The minimum atomic E-state index is -0.101. The van der Waals surface area contributed by atoms with Crippen LogP contribution in [0.25, 0.3) is 87.6 Å². The van der Waals surface area contributed by atoms with Crippen molar-refractivity contribution in [3.05, 3.63) is 169 Å². The largest absolute Gasteiger partial charge is 0.0616 e. The topological polar surface area (TPSA) is 0 Å². The first-order chi connectivity index (χ1) is 23.1. The number of hydrogen-bond donors (Lipinski definition) is 0. The summed E-state index contributed by atoms with van der Waals surface area (Å²) in [5.41, 5.74) is 13.0. The van der Waals surface area contributed by atoms with E-state index in [9.17, 15) is 0 Å². The zero-order valence-electron chi connectivity index (χ0n) is 26.5. The van der Waals surface area contributed by atoms with Gasteiger partial charge in [0.05, 0.1) is 0 Å². The van der Waals surface area contributed by atoms with E-state index < -0.39 is 0 Å². The lowest BCUT2D eigenvalue weighted by molar-refractivity contribution is 0.666. The van der Waals surface area contributed by atoms with E-state index >= 15 is 0 Å². The highest BCUT2D eigenvalue weighted by Crippen LogP contribution is 2.53. The molecule has 0 radical (unpaired) electrons. The zero-order chi connectivity index (χ0) is 31.3. The van der Waals surface area contributed by atoms with Gasteiger partial charge in [-0.25, -0.2) is 0 Å². The van der Waals surface area contributed by atoms with E-state index in [2.05, 4.69) is 172 Å². The van der Waals surface area contributed by atoms with Gasteiger partial charge in [-0.1, -0.05) is 166 Å². The summed E-state index contributed by atoms with van der Waals surface area (Å²) in [4.78, 5) is 0. The molecule has 9 aromatic rings. The van der Waals surface area contributed by atoms with Crippen LogP contribution in [-0.4, -0.2) is 0 Å². The third-order valence-corrected chi connectivity index (χ3v) is 10.8. The predicted molar refractivity (Wildman–Crippen MR) is 202 cm³/mol. The zero-order valence-corrected chi connectivity index (χ0v) is 26.5. The molecule has 1 aliphatic carbocycles. The minimum Gasteiger partial charge on any atom is -0.0616 e.